The van der Waals surface area contributed by atoms with Gasteiger partial charge >= 0.3 is 5.97 Å². The third-order valence-electron chi connectivity index (χ3n) is 4.84. The van der Waals surface area contributed by atoms with Crippen LogP contribution in [0.15, 0.2) is 34.2 Å². The number of aromatic nitrogens is 3. The zero-order chi connectivity index (χ0) is 23.4. The van der Waals surface area contributed by atoms with Crippen LogP contribution >= 0.6 is 0 Å². The lowest BCUT2D eigenvalue weighted by molar-refractivity contribution is -0.116. The van der Waals surface area contributed by atoms with Crippen LogP contribution in [0.4, 0.5) is 0 Å². The molecule has 1 amide bonds. The molecule has 0 radical (unpaired) electrons. The van der Waals surface area contributed by atoms with Crippen molar-refractivity contribution in [1.29, 1.82) is 0 Å². The topological polar surface area (TPSA) is 104 Å². The SMILES string of the molecule is CCOC(=O)c1cc2c(=O)n3cccc(C)c3nc2n(CCCOC(C)C)c1=NC(C)=O. The first kappa shape index (κ1) is 23.3. The van der Waals surface area contributed by atoms with Crippen molar-refractivity contribution in [2.24, 2.45) is 4.99 Å². The number of hydrogen-bond donors (Lipinski definition) is 0. The van der Waals surface area contributed by atoms with E-state index in [4.69, 9.17) is 14.5 Å². The molecule has 0 aliphatic heterocycles. The predicted molar refractivity (Wildman–Crippen MR) is 120 cm³/mol. The number of esters is 1. The summed E-state index contributed by atoms with van der Waals surface area (Å²) in [6.45, 7) is 9.69. The Kier molecular flexibility index (Phi) is 7.19. The summed E-state index contributed by atoms with van der Waals surface area (Å²) in [6, 6.07) is 5.04. The molecule has 3 rings (SSSR count). The predicted octanol–water partition coefficient (Wildman–Crippen LogP) is 2.40. The van der Waals surface area contributed by atoms with Crippen molar-refractivity contribution < 1.29 is 19.1 Å². The van der Waals surface area contributed by atoms with Gasteiger partial charge in [-0.15, -0.1) is 0 Å². The number of hydrogen-bond acceptors (Lipinski definition) is 6. The van der Waals surface area contributed by atoms with Gasteiger partial charge in [-0.05, 0) is 51.8 Å². The standard InChI is InChI=1S/C23H28N4O5/c1-6-31-23(30)18-13-17-20(25-19-15(4)9-7-10-27(19)22(17)29)26(21(18)24-16(5)28)11-8-12-32-14(2)3/h7,9-10,13-14H,6,8,11-12H2,1-5H3. The zero-order valence-electron chi connectivity index (χ0n) is 19.0. The minimum absolute atomic E-state index is 0.0471. The summed E-state index contributed by atoms with van der Waals surface area (Å²) in [5, 5.41) is 0.239. The molecular weight excluding hydrogens is 412 g/mol. The fourth-order valence-corrected chi connectivity index (χ4v) is 3.47. The van der Waals surface area contributed by atoms with E-state index in [0.29, 0.717) is 30.9 Å². The normalized spacial score (nSPS) is 12.1. The van der Waals surface area contributed by atoms with Crippen molar-refractivity contribution in [3.05, 3.63) is 51.4 Å². The minimum Gasteiger partial charge on any atom is -0.462 e. The van der Waals surface area contributed by atoms with Crippen LogP contribution in [0.2, 0.25) is 0 Å². The highest BCUT2D eigenvalue weighted by Gasteiger charge is 2.20. The van der Waals surface area contributed by atoms with Crippen LogP contribution in [0.5, 0.6) is 0 Å². The summed E-state index contributed by atoms with van der Waals surface area (Å²) in [5.41, 5.74) is 1.52. The maximum absolute atomic E-state index is 13.3. The fourth-order valence-electron chi connectivity index (χ4n) is 3.47. The van der Waals surface area contributed by atoms with E-state index in [2.05, 4.69) is 4.99 Å². The first-order valence-corrected chi connectivity index (χ1v) is 10.6. The molecule has 0 spiro atoms. The summed E-state index contributed by atoms with van der Waals surface area (Å²) in [4.78, 5) is 46.8. The molecule has 0 bridgehead atoms. The summed E-state index contributed by atoms with van der Waals surface area (Å²) in [7, 11) is 0. The van der Waals surface area contributed by atoms with E-state index in [1.165, 1.54) is 17.4 Å². The largest absolute Gasteiger partial charge is 0.462 e. The number of nitrogens with zero attached hydrogens (tertiary/aromatic N) is 4. The van der Waals surface area contributed by atoms with Crippen molar-refractivity contribution in [3.63, 3.8) is 0 Å². The Hall–Kier alpha value is -3.33. The quantitative estimate of drug-likeness (QED) is 0.317. The molecule has 3 aromatic rings. The van der Waals surface area contributed by atoms with Crippen molar-refractivity contribution in [2.45, 2.75) is 53.7 Å². The Morgan fingerprint density at radius 3 is 2.66 bits per heavy atom. The lowest BCUT2D eigenvalue weighted by Gasteiger charge is -2.16. The summed E-state index contributed by atoms with van der Waals surface area (Å²) >= 11 is 0. The second-order valence-corrected chi connectivity index (χ2v) is 7.70. The first-order valence-electron chi connectivity index (χ1n) is 10.6. The number of aryl methyl sites for hydroxylation is 2. The minimum atomic E-state index is -0.657. The maximum atomic E-state index is 13.3. The summed E-state index contributed by atoms with van der Waals surface area (Å²) < 4.78 is 13.9. The van der Waals surface area contributed by atoms with Gasteiger partial charge in [-0.25, -0.2) is 9.78 Å². The van der Waals surface area contributed by atoms with Crippen LogP contribution in [-0.2, 0) is 20.8 Å². The number of carbonyl (C=O) groups excluding carboxylic acids is 2. The van der Waals surface area contributed by atoms with Crippen molar-refractivity contribution in [3.8, 4) is 0 Å². The molecular formula is C23H28N4O5. The average Bonchev–Trinajstić information content (AvgIpc) is 2.72. The molecule has 0 aromatic carbocycles. The Labute approximate surface area is 185 Å². The molecule has 3 heterocycles. The maximum Gasteiger partial charge on any atom is 0.341 e. The molecule has 0 aliphatic rings. The fraction of sp³-hybridized carbons (Fsp3) is 0.435. The van der Waals surface area contributed by atoms with Crippen LogP contribution in [0.3, 0.4) is 0 Å². The van der Waals surface area contributed by atoms with Gasteiger partial charge in [0.25, 0.3) is 5.56 Å². The Morgan fingerprint density at radius 1 is 1.25 bits per heavy atom. The number of pyridine rings is 2. The van der Waals surface area contributed by atoms with E-state index >= 15 is 0 Å². The monoisotopic (exact) mass is 440 g/mol. The first-order chi connectivity index (χ1) is 15.2. The molecule has 0 aliphatic carbocycles. The molecule has 32 heavy (non-hydrogen) atoms. The van der Waals surface area contributed by atoms with Crippen molar-refractivity contribution in [1.82, 2.24) is 14.0 Å². The van der Waals surface area contributed by atoms with Gasteiger partial charge in [0, 0.05) is 26.3 Å². The second-order valence-electron chi connectivity index (χ2n) is 7.70. The molecule has 0 N–H and O–H groups in total. The van der Waals surface area contributed by atoms with Gasteiger partial charge in [0.15, 0.2) is 5.49 Å². The van der Waals surface area contributed by atoms with E-state index in [0.717, 1.165) is 5.56 Å². The van der Waals surface area contributed by atoms with Crippen LogP contribution in [0, 0.1) is 6.92 Å². The molecule has 170 valence electrons. The van der Waals surface area contributed by atoms with Crippen LogP contribution in [0.25, 0.3) is 16.7 Å². The van der Waals surface area contributed by atoms with E-state index < -0.39 is 11.9 Å². The van der Waals surface area contributed by atoms with E-state index in [-0.39, 0.29) is 34.7 Å². The van der Waals surface area contributed by atoms with Crippen molar-refractivity contribution in [2.75, 3.05) is 13.2 Å². The lowest BCUT2D eigenvalue weighted by Crippen LogP contribution is -2.33. The van der Waals surface area contributed by atoms with Crippen LogP contribution < -0.4 is 11.0 Å². The number of fused-ring (bicyclic) bond motifs is 2. The third kappa shape index (κ3) is 4.77. The van der Waals surface area contributed by atoms with Crippen LogP contribution in [-0.4, -0.2) is 45.1 Å². The average molecular weight is 441 g/mol. The van der Waals surface area contributed by atoms with Gasteiger partial charge in [0.05, 0.1) is 18.1 Å². The van der Waals surface area contributed by atoms with Gasteiger partial charge in [-0.3, -0.25) is 14.0 Å². The van der Waals surface area contributed by atoms with E-state index in [1.54, 1.807) is 23.8 Å². The molecule has 0 atom stereocenters. The molecule has 0 fully saturated rings. The molecule has 0 saturated heterocycles. The summed E-state index contributed by atoms with van der Waals surface area (Å²) in [5.74, 6) is -1.13. The number of ether oxygens (including phenoxy) is 2. The number of carbonyl (C=O) groups is 2. The highest BCUT2D eigenvalue weighted by atomic mass is 16.5. The second kappa shape index (κ2) is 9.86. The molecule has 3 aromatic heterocycles. The summed E-state index contributed by atoms with van der Waals surface area (Å²) in [6.07, 6.45) is 2.27. The Bertz CT molecular complexity index is 1300. The highest BCUT2D eigenvalue weighted by molar-refractivity contribution is 5.93. The van der Waals surface area contributed by atoms with Gasteiger partial charge in [-0.1, -0.05) is 6.07 Å². The Balaban J connectivity index is 2.39. The van der Waals surface area contributed by atoms with E-state index in [9.17, 15) is 14.4 Å². The van der Waals surface area contributed by atoms with Gasteiger partial charge in [0.2, 0.25) is 5.91 Å². The van der Waals surface area contributed by atoms with Gasteiger partial charge < -0.3 is 14.0 Å². The van der Waals surface area contributed by atoms with Gasteiger partial charge in [-0.2, -0.15) is 4.99 Å². The molecule has 9 nitrogen and oxygen atoms in total. The molecule has 9 heteroatoms. The highest BCUT2D eigenvalue weighted by Crippen LogP contribution is 2.14. The van der Waals surface area contributed by atoms with Gasteiger partial charge in [0.1, 0.15) is 16.9 Å². The number of amides is 1. The van der Waals surface area contributed by atoms with E-state index in [1.807, 2.05) is 26.8 Å². The smallest absolute Gasteiger partial charge is 0.341 e. The zero-order valence-corrected chi connectivity index (χ0v) is 19.0. The number of rotatable bonds is 7. The lowest BCUT2D eigenvalue weighted by atomic mass is 10.2. The third-order valence-corrected chi connectivity index (χ3v) is 4.84. The molecule has 0 unspecified atom stereocenters. The van der Waals surface area contributed by atoms with Crippen molar-refractivity contribution >= 4 is 28.6 Å². The van der Waals surface area contributed by atoms with Crippen LogP contribution in [0.1, 0.15) is 50.0 Å². The Morgan fingerprint density at radius 2 is 2.00 bits per heavy atom. The molecule has 0 saturated carbocycles.